The molecule has 0 aromatic heterocycles. The summed E-state index contributed by atoms with van der Waals surface area (Å²) in [6, 6.07) is 6.11. The molecule has 0 atom stereocenters. The predicted molar refractivity (Wildman–Crippen MR) is 64.8 cm³/mol. The summed E-state index contributed by atoms with van der Waals surface area (Å²) < 4.78 is 0. The number of hydrogen-bond acceptors (Lipinski definition) is 5. The lowest BCUT2D eigenvalue weighted by molar-refractivity contribution is 0.430. The number of para-hydroxylation sites is 1. The van der Waals surface area contributed by atoms with Gasteiger partial charge >= 0.3 is 0 Å². The van der Waals surface area contributed by atoms with Crippen LogP contribution < -0.4 is 21.5 Å². The largest absolute Gasteiger partial charge is 0.364 e. The van der Waals surface area contributed by atoms with Gasteiger partial charge in [-0.1, -0.05) is 6.07 Å². The average molecular weight is 219 g/mol. The standard InChI is InChI=1S/C11H17N5/c1-15(2)11(16(3)4)8-6-5-7-9-10(8)13-14-12-9/h5-7,12,14H,1-4H3. The second-order valence-corrected chi connectivity index (χ2v) is 4.16. The molecule has 0 saturated carbocycles. The molecule has 0 saturated heterocycles. The Morgan fingerprint density at radius 2 is 1.81 bits per heavy atom. The van der Waals surface area contributed by atoms with Crippen LogP contribution in [0.25, 0.3) is 5.82 Å². The lowest BCUT2D eigenvalue weighted by Crippen LogP contribution is -2.37. The molecule has 0 fully saturated rings. The Bertz CT molecular complexity index is 494. The third kappa shape index (κ3) is 1.64. The monoisotopic (exact) mass is 219 g/mol. The summed E-state index contributed by atoms with van der Waals surface area (Å²) in [7, 11) is 8.13. The van der Waals surface area contributed by atoms with E-state index in [2.05, 4.69) is 31.9 Å². The van der Waals surface area contributed by atoms with Gasteiger partial charge in [-0.2, -0.15) is 5.10 Å². The molecule has 86 valence electrons. The first-order valence-corrected chi connectivity index (χ1v) is 5.18. The molecule has 2 rings (SSSR count). The van der Waals surface area contributed by atoms with Crippen LogP contribution in [-0.4, -0.2) is 38.0 Å². The summed E-state index contributed by atoms with van der Waals surface area (Å²) in [4.78, 5) is 4.17. The van der Waals surface area contributed by atoms with Gasteiger partial charge in [-0.05, 0) is 12.1 Å². The molecule has 0 amide bonds. The van der Waals surface area contributed by atoms with E-state index in [1.807, 2.05) is 40.3 Å². The van der Waals surface area contributed by atoms with Crippen molar-refractivity contribution < 1.29 is 0 Å². The molecule has 0 bridgehead atoms. The number of hydrogen-bond donors (Lipinski definition) is 2. The van der Waals surface area contributed by atoms with Crippen LogP contribution in [0.4, 0.5) is 5.69 Å². The number of nitrogens with zero attached hydrogens (tertiary/aromatic N) is 3. The number of nitrogens with one attached hydrogen (secondary N) is 2. The molecular formula is C11H17N5. The van der Waals surface area contributed by atoms with E-state index in [0.29, 0.717) is 0 Å². The Morgan fingerprint density at radius 3 is 2.44 bits per heavy atom. The van der Waals surface area contributed by atoms with E-state index in [1.54, 1.807) is 0 Å². The average Bonchev–Trinajstić information content (AvgIpc) is 2.65. The van der Waals surface area contributed by atoms with Gasteiger partial charge in [0, 0.05) is 33.4 Å². The summed E-state index contributed by atoms with van der Waals surface area (Å²) in [6.07, 6.45) is 0. The normalized spacial score (nSPS) is 12.0. The van der Waals surface area contributed by atoms with Gasteiger partial charge in [0.2, 0.25) is 0 Å². The van der Waals surface area contributed by atoms with Crippen LogP contribution in [0.5, 0.6) is 0 Å². The lowest BCUT2D eigenvalue weighted by atomic mass is 10.2. The molecule has 0 radical (unpaired) electrons. The van der Waals surface area contributed by atoms with Gasteiger partial charge in [0.05, 0.1) is 5.69 Å². The van der Waals surface area contributed by atoms with Crippen LogP contribution in [0.3, 0.4) is 0 Å². The molecule has 0 spiro atoms. The number of anilines is 1. The maximum Gasteiger partial charge on any atom is 0.121 e. The zero-order valence-corrected chi connectivity index (χ0v) is 10.1. The van der Waals surface area contributed by atoms with Crippen molar-refractivity contribution in [2.75, 3.05) is 33.6 Å². The summed E-state index contributed by atoms with van der Waals surface area (Å²) in [5.41, 5.74) is 6.80. The van der Waals surface area contributed by atoms with Gasteiger partial charge in [0.1, 0.15) is 11.2 Å². The van der Waals surface area contributed by atoms with Crippen molar-refractivity contribution in [1.29, 1.82) is 0 Å². The fourth-order valence-corrected chi connectivity index (χ4v) is 1.97. The van der Waals surface area contributed by atoms with Crippen molar-refractivity contribution in [1.82, 2.24) is 15.3 Å². The number of rotatable bonds is 2. The van der Waals surface area contributed by atoms with Crippen molar-refractivity contribution >= 4 is 11.5 Å². The molecule has 2 N–H and O–H groups in total. The fourth-order valence-electron chi connectivity index (χ4n) is 1.97. The Balaban J connectivity index is 2.80. The minimum Gasteiger partial charge on any atom is -0.364 e. The first-order chi connectivity index (χ1) is 7.61. The molecule has 1 aromatic carbocycles. The predicted octanol–water partition coefficient (Wildman–Crippen LogP) is -0.660. The van der Waals surface area contributed by atoms with Gasteiger partial charge in [0.15, 0.2) is 0 Å². The topological polar surface area (TPSA) is 42.9 Å². The summed E-state index contributed by atoms with van der Waals surface area (Å²) in [5, 5.41) is 6.32. The van der Waals surface area contributed by atoms with E-state index in [9.17, 15) is 0 Å². The highest BCUT2D eigenvalue weighted by Crippen LogP contribution is 2.02. The maximum absolute atomic E-state index is 4.25. The molecule has 1 aliphatic heterocycles. The van der Waals surface area contributed by atoms with E-state index in [0.717, 1.165) is 22.1 Å². The summed E-state index contributed by atoms with van der Waals surface area (Å²) in [6.45, 7) is 0. The minimum absolute atomic E-state index is 0.958. The van der Waals surface area contributed by atoms with E-state index in [4.69, 9.17) is 0 Å². The van der Waals surface area contributed by atoms with Crippen molar-refractivity contribution in [2.45, 2.75) is 0 Å². The Morgan fingerprint density at radius 1 is 1.12 bits per heavy atom. The molecule has 16 heavy (non-hydrogen) atoms. The van der Waals surface area contributed by atoms with E-state index >= 15 is 0 Å². The van der Waals surface area contributed by atoms with Gasteiger partial charge < -0.3 is 9.80 Å². The van der Waals surface area contributed by atoms with Gasteiger partial charge in [-0.15, -0.1) is 0 Å². The second-order valence-electron chi connectivity index (χ2n) is 4.16. The molecule has 1 heterocycles. The molecule has 0 unspecified atom stereocenters. The molecule has 0 aliphatic carbocycles. The van der Waals surface area contributed by atoms with Crippen molar-refractivity contribution in [3.63, 3.8) is 0 Å². The van der Waals surface area contributed by atoms with Crippen LogP contribution in [0.15, 0.2) is 23.3 Å². The van der Waals surface area contributed by atoms with Gasteiger partial charge in [0.25, 0.3) is 0 Å². The first-order valence-electron chi connectivity index (χ1n) is 5.18. The Kier molecular flexibility index (Phi) is 2.60. The zero-order chi connectivity index (χ0) is 11.7. The van der Waals surface area contributed by atoms with Crippen LogP contribution in [0.1, 0.15) is 0 Å². The lowest BCUT2D eigenvalue weighted by Gasteiger charge is -2.24. The van der Waals surface area contributed by atoms with Gasteiger partial charge in [-0.3, -0.25) is 5.43 Å². The van der Waals surface area contributed by atoms with Crippen LogP contribution in [-0.2, 0) is 0 Å². The smallest absolute Gasteiger partial charge is 0.121 e. The molecular weight excluding hydrogens is 202 g/mol. The van der Waals surface area contributed by atoms with Gasteiger partial charge in [-0.25, -0.2) is 5.53 Å². The Hall–Kier alpha value is -1.91. The highest BCUT2D eigenvalue weighted by atomic mass is 15.6. The van der Waals surface area contributed by atoms with Crippen molar-refractivity contribution in [3.05, 3.63) is 28.8 Å². The van der Waals surface area contributed by atoms with E-state index < -0.39 is 0 Å². The number of fused-ring (bicyclic) bond motifs is 1. The number of hydrazine groups is 1. The first kappa shape index (κ1) is 10.6. The summed E-state index contributed by atoms with van der Waals surface area (Å²) in [5.74, 6) is 1.13. The minimum atomic E-state index is 0.958. The van der Waals surface area contributed by atoms with E-state index in [1.165, 1.54) is 0 Å². The molecule has 1 aromatic rings. The number of benzene rings is 1. The molecule has 5 nitrogen and oxygen atoms in total. The van der Waals surface area contributed by atoms with Crippen LogP contribution >= 0.6 is 0 Å². The quantitative estimate of drug-likeness (QED) is 0.693. The van der Waals surface area contributed by atoms with Crippen molar-refractivity contribution in [3.8, 4) is 0 Å². The third-order valence-corrected chi connectivity index (χ3v) is 2.48. The molecule has 5 heteroatoms. The third-order valence-electron chi connectivity index (χ3n) is 2.48. The second kappa shape index (κ2) is 3.92. The SMILES string of the molecule is CN(C)C(=c1cccc2c1=NNN2)N(C)C. The fraction of sp³-hybridized carbons (Fsp3) is 0.364. The Labute approximate surface area is 95.0 Å². The van der Waals surface area contributed by atoms with Crippen LogP contribution in [0.2, 0.25) is 0 Å². The maximum atomic E-state index is 4.25. The molecule has 1 aliphatic rings. The van der Waals surface area contributed by atoms with E-state index in [-0.39, 0.29) is 0 Å². The van der Waals surface area contributed by atoms with Crippen molar-refractivity contribution in [2.24, 2.45) is 5.10 Å². The zero-order valence-electron chi connectivity index (χ0n) is 10.1. The summed E-state index contributed by atoms with van der Waals surface area (Å²) >= 11 is 0. The van der Waals surface area contributed by atoms with Crippen LogP contribution in [0, 0.1) is 0 Å². The highest BCUT2D eigenvalue weighted by Gasteiger charge is 2.09. The highest BCUT2D eigenvalue weighted by molar-refractivity contribution is 5.49.